The van der Waals surface area contributed by atoms with Crippen LogP contribution in [-0.4, -0.2) is 35.6 Å². The van der Waals surface area contributed by atoms with Gasteiger partial charge in [-0.25, -0.2) is 4.98 Å². The Morgan fingerprint density at radius 2 is 2.18 bits per heavy atom. The number of nitrogens with one attached hydrogen (secondary N) is 2. The molecule has 0 saturated heterocycles. The molecule has 22 heavy (non-hydrogen) atoms. The van der Waals surface area contributed by atoms with E-state index in [0.717, 1.165) is 44.4 Å². The molecule has 0 atom stereocenters. The Kier molecular flexibility index (Phi) is 6.98. The van der Waals surface area contributed by atoms with Crippen LogP contribution in [0.15, 0.2) is 11.2 Å². The van der Waals surface area contributed by atoms with E-state index in [1.807, 2.05) is 7.05 Å². The van der Waals surface area contributed by atoms with E-state index in [1.165, 1.54) is 43.6 Å². The third-order valence-corrected chi connectivity index (χ3v) is 4.64. The second-order valence-corrected chi connectivity index (χ2v) is 6.23. The molecule has 0 amide bonds. The third-order valence-electron chi connectivity index (χ3n) is 4.64. The lowest BCUT2D eigenvalue weighted by atomic mass is 9.85. The Morgan fingerprint density at radius 1 is 1.32 bits per heavy atom. The van der Waals surface area contributed by atoms with Gasteiger partial charge in [0.05, 0.1) is 5.69 Å². The zero-order valence-electron chi connectivity index (χ0n) is 13.5. The number of halogens is 1. The average Bonchev–Trinajstić information content (AvgIpc) is 2.86. The lowest BCUT2D eigenvalue weighted by Crippen LogP contribution is -2.41. The van der Waals surface area contributed by atoms with Crippen LogP contribution in [0.25, 0.3) is 0 Å². The average molecular weight is 417 g/mol. The van der Waals surface area contributed by atoms with Crippen molar-refractivity contribution in [2.24, 2.45) is 10.9 Å². The summed E-state index contributed by atoms with van der Waals surface area (Å²) in [5.41, 5.74) is 1.20. The molecule has 3 rings (SSSR count). The molecule has 0 bridgehead atoms. The van der Waals surface area contributed by atoms with Gasteiger partial charge in [-0.05, 0) is 31.6 Å². The molecule has 2 heterocycles. The summed E-state index contributed by atoms with van der Waals surface area (Å²) in [6, 6.07) is 0. The maximum atomic E-state index is 4.73. The molecule has 5 nitrogen and oxygen atoms in total. The van der Waals surface area contributed by atoms with E-state index in [1.54, 1.807) is 0 Å². The van der Waals surface area contributed by atoms with Crippen molar-refractivity contribution in [2.75, 3.05) is 20.1 Å². The predicted molar refractivity (Wildman–Crippen MR) is 101 cm³/mol. The van der Waals surface area contributed by atoms with Crippen LogP contribution < -0.4 is 10.6 Å². The van der Waals surface area contributed by atoms with Gasteiger partial charge in [0.2, 0.25) is 0 Å². The molecule has 1 fully saturated rings. The van der Waals surface area contributed by atoms with Gasteiger partial charge in [0.15, 0.2) is 5.96 Å². The SMILES string of the molecule is CN=C(NCCc1cn2c(n1)CCCC2)NCC1CCC1.I. The minimum Gasteiger partial charge on any atom is -0.356 e. The Hall–Kier alpha value is -0.790. The molecule has 1 aliphatic heterocycles. The van der Waals surface area contributed by atoms with Crippen LogP contribution in [0.4, 0.5) is 0 Å². The first kappa shape index (κ1) is 17.6. The normalized spacial score (nSPS) is 18.1. The molecule has 0 unspecified atom stereocenters. The van der Waals surface area contributed by atoms with Crippen molar-refractivity contribution in [3.8, 4) is 0 Å². The topological polar surface area (TPSA) is 54.2 Å². The van der Waals surface area contributed by atoms with Crippen molar-refractivity contribution < 1.29 is 0 Å². The van der Waals surface area contributed by atoms with E-state index in [9.17, 15) is 0 Å². The lowest BCUT2D eigenvalue weighted by Gasteiger charge is -2.26. The summed E-state index contributed by atoms with van der Waals surface area (Å²) in [6.07, 6.45) is 11.0. The largest absolute Gasteiger partial charge is 0.356 e. The lowest BCUT2D eigenvalue weighted by molar-refractivity contribution is 0.314. The molecule has 0 radical (unpaired) electrons. The monoisotopic (exact) mass is 417 g/mol. The van der Waals surface area contributed by atoms with Gasteiger partial charge in [-0.2, -0.15) is 0 Å². The second kappa shape index (κ2) is 8.74. The van der Waals surface area contributed by atoms with E-state index >= 15 is 0 Å². The van der Waals surface area contributed by atoms with Gasteiger partial charge in [0.1, 0.15) is 5.82 Å². The van der Waals surface area contributed by atoms with E-state index < -0.39 is 0 Å². The quantitative estimate of drug-likeness (QED) is 0.440. The molecule has 1 aromatic heterocycles. The van der Waals surface area contributed by atoms with Crippen LogP contribution in [0.1, 0.15) is 43.6 Å². The molecule has 124 valence electrons. The smallest absolute Gasteiger partial charge is 0.190 e. The maximum absolute atomic E-state index is 4.73. The van der Waals surface area contributed by atoms with Crippen LogP contribution in [-0.2, 0) is 19.4 Å². The van der Waals surface area contributed by atoms with Crippen molar-refractivity contribution in [2.45, 2.75) is 51.5 Å². The van der Waals surface area contributed by atoms with Crippen molar-refractivity contribution >= 4 is 29.9 Å². The highest BCUT2D eigenvalue weighted by Gasteiger charge is 2.17. The van der Waals surface area contributed by atoms with Gasteiger partial charge < -0.3 is 15.2 Å². The van der Waals surface area contributed by atoms with Gasteiger partial charge in [0, 0.05) is 45.7 Å². The first-order valence-electron chi connectivity index (χ1n) is 8.34. The first-order valence-corrected chi connectivity index (χ1v) is 8.34. The fourth-order valence-electron chi connectivity index (χ4n) is 3.06. The van der Waals surface area contributed by atoms with Gasteiger partial charge in [-0.3, -0.25) is 4.99 Å². The van der Waals surface area contributed by atoms with Crippen LogP contribution in [0.5, 0.6) is 0 Å². The number of guanidine groups is 1. The van der Waals surface area contributed by atoms with Crippen molar-refractivity contribution in [1.82, 2.24) is 20.2 Å². The van der Waals surface area contributed by atoms with Gasteiger partial charge >= 0.3 is 0 Å². The molecule has 1 aliphatic carbocycles. The highest BCUT2D eigenvalue weighted by atomic mass is 127. The summed E-state index contributed by atoms with van der Waals surface area (Å²) >= 11 is 0. The van der Waals surface area contributed by atoms with Crippen LogP contribution in [0, 0.1) is 5.92 Å². The highest BCUT2D eigenvalue weighted by Crippen LogP contribution is 2.25. The fourth-order valence-corrected chi connectivity index (χ4v) is 3.06. The first-order chi connectivity index (χ1) is 10.3. The summed E-state index contributed by atoms with van der Waals surface area (Å²) in [4.78, 5) is 9.02. The van der Waals surface area contributed by atoms with E-state index in [-0.39, 0.29) is 24.0 Å². The molecule has 6 heteroatoms. The Bertz CT molecular complexity index is 469. The van der Waals surface area contributed by atoms with Gasteiger partial charge in [-0.1, -0.05) is 6.42 Å². The van der Waals surface area contributed by atoms with Crippen molar-refractivity contribution in [3.05, 3.63) is 17.7 Å². The molecular formula is C16H28IN5. The van der Waals surface area contributed by atoms with Crippen LogP contribution >= 0.6 is 24.0 Å². The number of hydrogen-bond donors (Lipinski definition) is 2. The summed E-state index contributed by atoms with van der Waals surface area (Å²) in [6.45, 7) is 3.08. The molecule has 2 aliphatic rings. The molecule has 0 spiro atoms. The Morgan fingerprint density at radius 3 is 2.86 bits per heavy atom. The van der Waals surface area contributed by atoms with Gasteiger partial charge in [0.25, 0.3) is 0 Å². The number of hydrogen-bond acceptors (Lipinski definition) is 2. The minimum atomic E-state index is 0. The Balaban J connectivity index is 0.00000176. The predicted octanol–water partition coefficient (Wildman–Crippen LogP) is 2.35. The van der Waals surface area contributed by atoms with Crippen molar-refractivity contribution in [1.29, 1.82) is 0 Å². The molecule has 2 N–H and O–H groups in total. The summed E-state index contributed by atoms with van der Waals surface area (Å²) in [5.74, 6) is 3.04. The summed E-state index contributed by atoms with van der Waals surface area (Å²) < 4.78 is 2.32. The second-order valence-electron chi connectivity index (χ2n) is 6.23. The van der Waals surface area contributed by atoms with E-state index in [0.29, 0.717) is 0 Å². The number of aryl methyl sites for hydroxylation is 2. The minimum absolute atomic E-state index is 0. The number of fused-ring (bicyclic) bond motifs is 1. The molecule has 1 saturated carbocycles. The summed E-state index contributed by atoms with van der Waals surface area (Å²) in [5, 5.41) is 6.81. The molecular weight excluding hydrogens is 389 g/mol. The van der Waals surface area contributed by atoms with Crippen LogP contribution in [0.2, 0.25) is 0 Å². The number of aromatic nitrogens is 2. The Labute approximate surface area is 150 Å². The number of aliphatic imine (C=N–C) groups is 1. The van der Waals surface area contributed by atoms with E-state index in [2.05, 4.69) is 26.4 Å². The fraction of sp³-hybridized carbons (Fsp3) is 0.750. The zero-order chi connectivity index (χ0) is 14.5. The van der Waals surface area contributed by atoms with Gasteiger partial charge in [-0.15, -0.1) is 24.0 Å². The summed E-state index contributed by atoms with van der Waals surface area (Å²) in [7, 11) is 1.84. The number of imidazole rings is 1. The molecule has 0 aromatic carbocycles. The third kappa shape index (κ3) is 4.60. The van der Waals surface area contributed by atoms with Crippen molar-refractivity contribution in [3.63, 3.8) is 0 Å². The standard InChI is InChI=1S/C16H27N5.HI/c1-17-16(19-11-13-5-4-6-13)18-9-8-14-12-21-10-3-2-7-15(21)20-14;/h12-13H,2-11H2,1H3,(H2,17,18,19);1H. The molecule has 1 aromatic rings. The maximum Gasteiger partial charge on any atom is 0.190 e. The number of nitrogens with zero attached hydrogens (tertiary/aromatic N) is 3. The van der Waals surface area contributed by atoms with Crippen LogP contribution in [0.3, 0.4) is 0 Å². The van der Waals surface area contributed by atoms with E-state index in [4.69, 9.17) is 4.98 Å². The number of rotatable bonds is 5. The zero-order valence-corrected chi connectivity index (χ0v) is 15.8. The highest BCUT2D eigenvalue weighted by molar-refractivity contribution is 14.0.